The van der Waals surface area contributed by atoms with E-state index < -0.39 is 0 Å². The molecule has 0 spiro atoms. The summed E-state index contributed by atoms with van der Waals surface area (Å²) in [5.41, 5.74) is 0.759. The van der Waals surface area contributed by atoms with Gasteiger partial charge in [0.1, 0.15) is 0 Å². The van der Waals surface area contributed by atoms with Crippen LogP contribution in [0.25, 0.3) is 10.8 Å². The normalized spacial score (nSPS) is 20.1. The van der Waals surface area contributed by atoms with Crippen molar-refractivity contribution in [2.75, 3.05) is 19.6 Å². The zero-order valence-corrected chi connectivity index (χ0v) is 17.8. The summed E-state index contributed by atoms with van der Waals surface area (Å²) < 4.78 is 0. The van der Waals surface area contributed by atoms with Crippen molar-refractivity contribution in [1.29, 1.82) is 0 Å². The molecule has 5 heteroatoms. The number of thiophene rings is 1. The second kappa shape index (κ2) is 8.23. The summed E-state index contributed by atoms with van der Waals surface area (Å²) in [7, 11) is 0. The first-order valence-corrected chi connectivity index (χ1v) is 11.7. The summed E-state index contributed by atoms with van der Waals surface area (Å²) in [5.74, 6) is 0.389. The van der Waals surface area contributed by atoms with Crippen LogP contribution >= 0.6 is 11.3 Å². The third-order valence-electron chi connectivity index (χ3n) is 6.56. The van der Waals surface area contributed by atoms with E-state index in [4.69, 9.17) is 0 Å². The van der Waals surface area contributed by atoms with Crippen LogP contribution in [0.15, 0.2) is 60.0 Å². The lowest BCUT2D eigenvalue weighted by atomic mass is 9.94. The Bertz CT molecular complexity index is 1050. The maximum absolute atomic E-state index is 13.3. The van der Waals surface area contributed by atoms with Gasteiger partial charge in [-0.15, -0.1) is 11.3 Å². The summed E-state index contributed by atoms with van der Waals surface area (Å²) in [6.45, 7) is 2.16. The fourth-order valence-corrected chi connectivity index (χ4v) is 5.83. The predicted octanol–water partition coefficient (Wildman–Crippen LogP) is 5.12. The van der Waals surface area contributed by atoms with E-state index >= 15 is 0 Å². The molecule has 0 bridgehead atoms. The molecule has 2 aliphatic heterocycles. The predicted molar refractivity (Wildman–Crippen MR) is 121 cm³/mol. The van der Waals surface area contributed by atoms with Gasteiger partial charge in [-0.3, -0.25) is 9.59 Å². The van der Waals surface area contributed by atoms with E-state index in [0.29, 0.717) is 13.1 Å². The van der Waals surface area contributed by atoms with Crippen LogP contribution in [-0.4, -0.2) is 41.2 Å². The number of carbonyl (C=O) groups is 2. The molecule has 2 aromatic carbocycles. The molecule has 2 aliphatic rings. The first kappa shape index (κ1) is 19.3. The van der Waals surface area contributed by atoms with Crippen LogP contribution in [0.5, 0.6) is 0 Å². The first-order valence-electron chi connectivity index (χ1n) is 10.8. The third kappa shape index (κ3) is 3.52. The van der Waals surface area contributed by atoms with Gasteiger partial charge in [0.15, 0.2) is 0 Å². The highest BCUT2D eigenvalue weighted by Gasteiger charge is 2.36. The van der Waals surface area contributed by atoms with E-state index in [2.05, 4.69) is 22.4 Å². The van der Waals surface area contributed by atoms with Gasteiger partial charge in [-0.2, -0.15) is 0 Å². The summed E-state index contributed by atoms with van der Waals surface area (Å²) in [4.78, 5) is 31.8. The van der Waals surface area contributed by atoms with Gasteiger partial charge in [0.25, 0.3) is 5.91 Å². The highest BCUT2D eigenvalue weighted by Crippen LogP contribution is 2.36. The van der Waals surface area contributed by atoms with E-state index in [9.17, 15) is 9.59 Å². The molecule has 2 fully saturated rings. The Morgan fingerprint density at radius 2 is 1.67 bits per heavy atom. The van der Waals surface area contributed by atoms with Crippen molar-refractivity contribution < 1.29 is 9.59 Å². The number of hydrogen-bond acceptors (Lipinski definition) is 3. The molecule has 0 N–H and O–H groups in total. The van der Waals surface area contributed by atoms with Crippen LogP contribution in [0.3, 0.4) is 0 Å². The van der Waals surface area contributed by atoms with Crippen molar-refractivity contribution in [1.82, 2.24) is 9.80 Å². The molecule has 2 amide bonds. The second-order valence-electron chi connectivity index (χ2n) is 8.30. The number of amides is 2. The number of likely N-dealkylation sites (tertiary alicyclic amines) is 2. The number of fused-ring (bicyclic) bond motifs is 1. The Labute approximate surface area is 181 Å². The minimum absolute atomic E-state index is 0.0297. The van der Waals surface area contributed by atoms with Crippen molar-refractivity contribution in [3.8, 4) is 0 Å². The highest BCUT2D eigenvalue weighted by atomic mass is 32.1. The minimum Gasteiger partial charge on any atom is -0.339 e. The topological polar surface area (TPSA) is 40.6 Å². The van der Waals surface area contributed by atoms with Crippen LogP contribution in [0.2, 0.25) is 0 Å². The molecule has 3 aromatic rings. The van der Waals surface area contributed by atoms with Gasteiger partial charge >= 0.3 is 0 Å². The number of hydrogen-bond donors (Lipinski definition) is 0. The molecule has 1 unspecified atom stereocenters. The largest absolute Gasteiger partial charge is 0.339 e. The molecule has 1 atom stereocenters. The number of rotatable bonds is 3. The molecule has 1 aromatic heterocycles. The summed E-state index contributed by atoms with van der Waals surface area (Å²) in [6.07, 6.45) is 3.64. The minimum atomic E-state index is 0.0297. The smallest absolute Gasteiger partial charge is 0.254 e. The van der Waals surface area contributed by atoms with Gasteiger partial charge in [-0.05, 0) is 54.0 Å². The van der Waals surface area contributed by atoms with Gasteiger partial charge in [0, 0.05) is 36.0 Å². The molecule has 30 heavy (non-hydrogen) atoms. The molecular weight excluding hydrogens is 392 g/mol. The van der Waals surface area contributed by atoms with Crippen LogP contribution in [0, 0.1) is 5.92 Å². The molecule has 4 nitrogen and oxygen atoms in total. The fraction of sp³-hybridized carbons (Fsp3) is 0.360. The third-order valence-corrected chi connectivity index (χ3v) is 7.53. The standard InChI is InChI=1S/C25H26N2O2S/c28-24(27-14-4-10-22(27)23-11-5-17-30-23)19-12-15-26(16-13-19)25(29)21-9-3-7-18-6-1-2-8-20(18)21/h1-3,5-9,11,17,19,22H,4,10,12-16H2. The lowest BCUT2D eigenvalue weighted by molar-refractivity contribution is -0.137. The van der Waals surface area contributed by atoms with Crippen molar-refractivity contribution >= 4 is 33.9 Å². The van der Waals surface area contributed by atoms with Crippen molar-refractivity contribution in [3.05, 3.63) is 70.4 Å². The van der Waals surface area contributed by atoms with Crippen LogP contribution in [0.1, 0.15) is 47.0 Å². The number of carbonyl (C=O) groups excluding carboxylic acids is 2. The molecule has 0 radical (unpaired) electrons. The first-order chi connectivity index (χ1) is 14.7. The number of piperidine rings is 1. The zero-order chi connectivity index (χ0) is 20.5. The average Bonchev–Trinajstić information content (AvgIpc) is 3.49. The van der Waals surface area contributed by atoms with Crippen molar-refractivity contribution in [2.45, 2.75) is 31.7 Å². The SMILES string of the molecule is O=C(c1cccc2ccccc12)N1CCC(C(=O)N2CCCC2c2cccs2)CC1. The van der Waals surface area contributed by atoms with Crippen molar-refractivity contribution in [2.24, 2.45) is 5.92 Å². The lowest BCUT2D eigenvalue weighted by Gasteiger charge is -2.35. The molecule has 3 heterocycles. The molecule has 0 aliphatic carbocycles. The summed E-state index contributed by atoms with van der Waals surface area (Å²) in [6, 6.07) is 18.4. The Balaban J connectivity index is 1.26. The van der Waals surface area contributed by atoms with Gasteiger partial charge in [0.05, 0.1) is 6.04 Å². The van der Waals surface area contributed by atoms with Gasteiger partial charge < -0.3 is 9.80 Å². The van der Waals surface area contributed by atoms with Crippen molar-refractivity contribution in [3.63, 3.8) is 0 Å². The summed E-state index contributed by atoms with van der Waals surface area (Å²) in [5, 5.41) is 4.18. The van der Waals surface area contributed by atoms with Crippen LogP contribution in [0.4, 0.5) is 0 Å². The van der Waals surface area contributed by atoms with Crippen LogP contribution < -0.4 is 0 Å². The Morgan fingerprint density at radius 3 is 2.47 bits per heavy atom. The van der Waals surface area contributed by atoms with Crippen LogP contribution in [-0.2, 0) is 4.79 Å². The molecule has 2 saturated heterocycles. The quantitative estimate of drug-likeness (QED) is 0.592. The monoisotopic (exact) mass is 418 g/mol. The number of benzene rings is 2. The molecule has 0 saturated carbocycles. The van der Waals surface area contributed by atoms with Gasteiger partial charge in [0.2, 0.25) is 5.91 Å². The van der Waals surface area contributed by atoms with E-state index in [1.165, 1.54) is 4.88 Å². The van der Waals surface area contributed by atoms with Gasteiger partial charge in [-0.1, -0.05) is 42.5 Å². The summed E-state index contributed by atoms with van der Waals surface area (Å²) >= 11 is 1.74. The molecule has 5 rings (SSSR count). The van der Waals surface area contributed by atoms with E-state index in [1.807, 2.05) is 47.4 Å². The lowest BCUT2D eigenvalue weighted by Crippen LogP contribution is -2.44. The van der Waals surface area contributed by atoms with E-state index in [-0.39, 0.29) is 23.8 Å². The van der Waals surface area contributed by atoms with E-state index in [1.54, 1.807) is 11.3 Å². The molecule has 154 valence electrons. The van der Waals surface area contributed by atoms with E-state index in [0.717, 1.165) is 48.6 Å². The maximum atomic E-state index is 13.3. The van der Waals surface area contributed by atoms with Gasteiger partial charge in [-0.25, -0.2) is 0 Å². The second-order valence-corrected chi connectivity index (χ2v) is 9.28. The highest BCUT2D eigenvalue weighted by molar-refractivity contribution is 7.10. The zero-order valence-electron chi connectivity index (χ0n) is 17.0. The molecular formula is C25H26N2O2S. The fourth-order valence-electron chi connectivity index (χ4n) is 4.95. The average molecular weight is 419 g/mol. The maximum Gasteiger partial charge on any atom is 0.254 e. The number of nitrogens with zero attached hydrogens (tertiary/aromatic N) is 2. The Morgan fingerprint density at radius 1 is 0.867 bits per heavy atom. The Kier molecular flexibility index (Phi) is 5.30. The Hall–Kier alpha value is -2.66.